The molecule has 0 aliphatic carbocycles. The summed E-state index contributed by atoms with van der Waals surface area (Å²) in [7, 11) is 0. The highest BCUT2D eigenvalue weighted by Crippen LogP contribution is 2.02. The second-order valence-corrected chi connectivity index (χ2v) is 3.90. The van der Waals surface area contributed by atoms with Crippen molar-refractivity contribution >= 4 is 15.9 Å². The lowest BCUT2D eigenvalue weighted by atomic mass is 10.1. The molecule has 0 saturated carbocycles. The van der Waals surface area contributed by atoms with Crippen LogP contribution in [0.4, 0.5) is 0 Å². The largest absolute Gasteiger partial charge is 0.103 e. The van der Waals surface area contributed by atoms with Crippen LogP contribution in [0, 0.1) is 0 Å². The fourth-order valence-electron chi connectivity index (χ4n) is 1.20. The molecule has 0 fully saturated rings. The van der Waals surface area contributed by atoms with Crippen molar-refractivity contribution in [3.8, 4) is 0 Å². The van der Waals surface area contributed by atoms with Crippen LogP contribution in [0.1, 0.15) is 38.5 Å². The fourth-order valence-corrected chi connectivity index (χ4v) is 1.37. The smallest absolute Gasteiger partial charge is 0.0189 e. The van der Waals surface area contributed by atoms with Gasteiger partial charge in [-0.3, -0.25) is 0 Å². The summed E-state index contributed by atoms with van der Waals surface area (Å²) in [5.74, 6) is 0. The molecule has 0 amide bonds. The lowest BCUT2D eigenvalue weighted by molar-refractivity contribution is 0.761. The molecule has 0 aromatic carbocycles. The van der Waals surface area contributed by atoms with Gasteiger partial charge in [0.1, 0.15) is 0 Å². The van der Waals surface area contributed by atoms with Crippen molar-refractivity contribution in [3.05, 3.63) is 48.0 Å². The van der Waals surface area contributed by atoms with Crippen LogP contribution in [0.2, 0.25) is 0 Å². The van der Waals surface area contributed by atoms with Gasteiger partial charge in [0, 0.05) is 0 Å². The summed E-state index contributed by atoms with van der Waals surface area (Å²) in [5, 5.41) is 0. The fraction of sp³-hybridized carbons (Fsp3) is 0.429. The average Bonchev–Trinajstić information content (AvgIpc) is 2.26. The van der Waals surface area contributed by atoms with Crippen molar-refractivity contribution in [3.63, 3.8) is 0 Å². The van der Waals surface area contributed by atoms with Crippen molar-refractivity contribution in [2.24, 2.45) is 0 Å². The highest BCUT2D eigenvalue weighted by molar-refractivity contribution is 9.11. The van der Waals surface area contributed by atoms with Crippen LogP contribution < -0.4 is 0 Å². The topological polar surface area (TPSA) is 0 Å². The zero-order chi connectivity index (χ0) is 11.2. The van der Waals surface area contributed by atoms with E-state index in [0.29, 0.717) is 0 Å². The Morgan fingerprint density at radius 3 is 2.20 bits per heavy atom. The predicted octanol–water partition coefficient (Wildman–Crippen LogP) is 5.53. The lowest BCUT2D eigenvalue weighted by Crippen LogP contribution is -1.72. The van der Waals surface area contributed by atoms with E-state index < -0.39 is 0 Å². The predicted molar refractivity (Wildman–Crippen MR) is 74.2 cm³/mol. The molecule has 0 heterocycles. The first kappa shape index (κ1) is 14.4. The highest BCUT2D eigenvalue weighted by atomic mass is 79.9. The summed E-state index contributed by atoms with van der Waals surface area (Å²) in [4.78, 5) is 1.86. The number of unbranched alkanes of at least 4 members (excludes halogenated alkanes) is 4. The molecule has 0 aromatic rings. The monoisotopic (exact) mass is 268 g/mol. The molecule has 0 atom stereocenters. The van der Waals surface area contributed by atoms with Gasteiger partial charge in [-0.05, 0) is 43.5 Å². The minimum atomic E-state index is 1.13. The van der Waals surface area contributed by atoms with Crippen LogP contribution in [0.5, 0.6) is 0 Å². The summed E-state index contributed by atoms with van der Waals surface area (Å²) in [6, 6.07) is 0. The summed E-state index contributed by atoms with van der Waals surface area (Å²) in [6.07, 6.45) is 20.0. The van der Waals surface area contributed by atoms with Crippen LogP contribution in [-0.2, 0) is 0 Å². The first-order valence-electron chi connectivity index (χ1n) is 5.59. The van der Waals surface area contributed by atoms with E-state index in [0.717, 1.165) is 19.3 Å². The number of halogens is 1. The van der Waals surface area contributed by atoms with E-state index in [1.54, 1.807) is 0 Å². The molecule has 0 bridgehead atoms. The third kappa shape index (κ3) is 13.4. The van der Waals surface area contributed by atoms with Crippen molar-refractivity contribution in [1.82, 2.24) is 0 Å². The minimum Gasteiger partial charge on any atom is -0.103 e. The first-order valence-corrected chi connectivity index (χ1v) is 6.51. The normalized spacial score (nSPS) is 12.1. The highest BCUT2D eigenvalue weighted by Gasteiger charge is 1.82. The molecule has 0 rings (SSSR count). The molecule has 0 aromatic heterocycles. The van der Waals surface area contributed by atoms with Crippen LogP contribution >= 0.6 is 15.9 Å². The van der Waals surface area contributed by atoms with Gasteiger partial charge >= 0.3 is 0 Å². The SMILES string of the molecule is C=CCCCC/C=C\CC/C=C\C=C\Br. The maximum atomic E-state index is 3.71. The van der Waals surface area contributed by atoms with Gasteiger partial charge in [0.2, 0.25) is 0 Å². The zero-order valence-electron chi connectivity index (χ0n) is 9.37. The molecule has 0 unspecified atom stereocenters. The molecular weight excluding hydrogens is 248 g/mol. The Bertz CT molecular complexity index is 211. The van der Waals surface area contributed by atoms with Gasteiger partial charge in [0.05, 0.1) is 0 Å². The molecule has 84 valence electrons. The van der Waals surface area contributed by atoms with E-state index in [-0.39, 0.29) is 0 Å². The van der Waals surface area contributed by atoms with E-state index in [1.807, 2.05) is 17.1 Å². The standard InChI is InChI=1S/C14H21Br/c1-2-3-4-5-6-7-8-9-10-11-12-13-14-15/h2,7-8,11-14H,1,3-6,9-10H2/b8-7-,12-11-,14-13+. The first-order chi connectivity index (χ1) is 7.41. The molecule has 0 nitrogen and oxygen atoms in total. The maximum Gasteiger partial charge on any atom is -0.0189 e. The van der Waals surface area contributed by atoms with E-state index in [9.17, 15) is 0 Å². The van der Waals surface area contributed by atoms with Crippen LogP contribution in [0.15, 0.2) is 48.0 Å². The van der Waals surface area contributed by atoms with E-state index in [2.05, 4.69) is 46.8 Å². The van der Waals surface area contributed by atoms with Crippen molar-refractivity contribution in [1.29, 1.82) is 0 Å². The van der Waals surface area contributed by atoms with Gasteiger partial charge in [-0.15, -0.1) is 6.58 Å². The van der Waals surface area contributed by atoms with Crippen LogP contribution in [0.3, 0.4) is 0 Å². The van der Waals surface area contributed by atoms with Gasteiger partial charge in [0.25, 0.3) is 0 Å². The number of hydrogen-bond donors (Lipinski definition) is 0. The Labute approximate surface area is 103 Å². The van der Waals surface area contributed by atoms with Gasteiger partial charge in [-0.1, -0.05) is 52.4 Å². The molecule has 0 spiro atoms. The summed E-state index contributed by atoms with van der Waals surface area (Å²) in [5.41, 5.74) is 0. The van der Waals surface area contributed by atoms with Crippen molar-refractivity contribution in [2.75, 3.05) is 0 Å². The average molecular weight is 269 g/mol. The molecular formula is C14H21Br. The molecule has 0 saturated heterocycles. The molecule has 0 aliphatic rings. The Morgan fingerprint density at radius 2 is 1.47 bits per heavy atom. The Balaban J connectivity index is 3.20. The van der Waals surface area contributed by atoms with E-state index in [1.165, 1.54) is 19.3 Å². The Morgan fingerprint density at radius 1 is 0.800 bits per heavy atom. The summed E-state index contributed by atoms with van der Waals surface area (Å²) >= 11 is 3.22. The van der Waals surface area contributed by atoms with Crippen molar-refractivity contribution in [2.45, 2.75) is 38.5 Å². The van der Waals surface area contributed by atoms with Gasteiger partial charge in [-0.25, -0.2) is 0 Å². The summed E-state index contributed by atoms with van der Waals surface area (Å²) < 4.78 is 0. The van der Waals surface area contributed by atoms with Gasteiger partial charge in [-0.2, -0.15) is 0 Å². The van der Waals surface area contributed by atoms with Crippen LogP contribution in [-0.4, -0.2) is 0 Å². The lowest BCUT2D eigenvalue weighted by Gasteiger charge is -1.92. The quantitative estimate of drug-likeness (QED) is 0.293. The maximum absolute atomic E-state index is 3.71. The Kier molecular flexibility index (Phi) is 12.9. The molecule has 0 N–H and O–H groups in total. The molecule has 0 radical (unpaired) electrons. The Hall–Kier alpha value is -0.560. The summed E-state index contributed by atoms with van der Waals surface area (Å²) in [6.45, 7) is 3.71. The second kappa shape index (κ2) is 13.4. The second-order valence-electron chi connectivity index (χ2n) is 3.37. The van der Waals surface area contributed by atoms with Crippen LogP contribution in [0.25, 0.3) is 0 Å². The third-order valence-electron chi connectivity index (χ3n) is 2.02. The molecule has 0 aliphatic heterocycles. The molecule has 1 heteroatoms. The van der Waals surface area contributed by atoms with E-state index >= 15 is 0 Å². The van der Waals surface area contributed by atoms with Gasteiger partial charge in [0.15, 0.2) is 0 Å². The molecule has 15 heavy (non-hydrogen) atoms. The van der Waals surface area contributed by atoms with Gasteiger partial charge < -0.3 is 0 Å². The number of rotatable bonds is 9. The third-order valence-corrected chi connectivity index (χ3v) is 2.32. The number of hydrogen-bond acceptors (Lipinski definition) is 0. The van der Waals surface area contributed by atoms with E-state index in [4.69, 9.17) is 0 Å². The minimum absolute atomic E-state index is 1.13. The number of allylic oxidation sites excluding steroid dienone is 6. The zero-order valence-corrected chi connectivity index (χ0v) is 11.0. The van der Waals surface area contributed by atoms with Crippen molar-refractivity contribution < 1.29 is 0 Å².